The van der Waals surface area contributed by atoms with Crippen molar-refractivity contribution < 1.29 is 18.7 Å². The molecule has 1 saturated heterocycles. The average molecular weight is 310 g/mol. The van der Waals surface area contributed by atoms with Crippen molar-refractivity contribution in [2.24, 2.45) is 0 Å². The van der Waals surface area contributed by atoms with Crippen LogP contribution in [-0.2, 0) is 16.1 Å². The highest BCUT2D eigenvalue weighted by atomic mass is 16.5. The van der Waals surface area contributed by atoms with Crippen LogP contribution < -0.4 is 5.32 Å². The van der Waals surface area contributed by atoms with Gasteiger partial charge in [-0.2, -0.15) is 0 Å². The van der Waals surface area contributed by atoms with Crippen molar-refractivity contribution in [1.82, 2.24) is 10.2 Å². The standard InChI is InChI=1S/C16H26N2O4/c1-2-21-14-6-3-9-18(12-14)16(19)17-8-5-10-20-13-15-7-4-11-22-15/h4,7,11,14H,2-3,5-6,8-10,12-13H2,1H3,(H,17,19). The first-order valence-electron chi connectivity index (χ1n) is 8.04. The van der Waals surface area contributed by atoms with E-state index in [0.717, 1.165) is 31.6 Å². The molecule has 0 aromatic carbocycles. The van der Waals surface area contributed by atoms with E-state index in [2.05, 4.69) is 5.32 Å². The van der Waals surface area contributed by atoms with E-state index in [-0.39, 0.29) is 12.1 Å². The minimum Gasteiger partial charge on any atom is -0.467 e. The number of carbonyl (C=O) groups is 1. The molecule has 1 N–H and O–H groups in total. The van der Waals surface area contributed by atoms with Gasteiger partial charge >= 0.3 is 6.03 Å². The van der Waals surface area contributed by atoms with E-state index in [4.69, 9.17) is 13.9 Å². The Morgan fingerprint density at radius 1 is 1.55 bits per heavy atom. The van der Waals surface area contributed by atoms with Crippen molar-refractivity contribution in [2.75, 3.05) is 32.8 Å². The number of ether oxygens (including phenoxy) is 2. The molecule has 6 heteroatoms. The second-order valence-electron chi connectivity index (χ2n) is 5.38. The number of hydrogen-bond acceptors (Lipinski definition) is 4. The number of carbonyl (C=O) groups excluding carboxylic acids is 1. The molecule has 0 aliphatic carbocycles. The molecule has 1 aliphatic heterocycles. The highest BCUT2D eigenvalue weighted by Gasteiger charge is 2.23. The zero-order valence-electron chi connectivity index (χ0n) is 13.3. The van der Waals surface area contributed by atoms with Gasteiger partial charge in [-0.25, -0.2) is 4.79 Å². The lowest BCUT2D eigenvalue weighted by molar-refractivity contribution is 0.0164. The van der Waals surface area contributed by atoms with Crippen LogP contribution in [-0.4, -0.2) is 49.9 Å². The van der Waals surface area contributed by atoms with Gasteiger partial charge in [-0.05, 0) is 38.3 Å². The van der Waals surface area contributed by atoms with Crippen molar-refractivity contribution in [3.63, 3.8) is 0 Å². The highest BCUT2D eigenvalue weighted by Crippen LogP contribution is 2.13. The summed E-state index contributed by atoms with van der Waals surface area (Å²) in [6, 6.07) is 3.72. The van der Waals surface area contributed by atoms with Crippen molar-refractivity contribution in [3.05, 3.63) is 24.2 Å². The van der Waals surface area contributed by atoms with Crippen LogP contribution in [0.5, 0.6) is 0 Å². The van der Waals surface area contributed by atoms with Gasteiger partial charge in [-0.15, -0.1) is 0 Å². The molecule has 6 nitrogen and oxygen atoms in total. The molecule has 124 valence electrons. The zero-order valence-corrected chi connectivity index (χ0v) is 13.3. The van der Waals surface area contributed by atoms with E-state index >= 15 is 0 Å². The first-order chi connectivity index (χ1) is 10.8. The highest BCUT2D eigenvalue weighted by molar-refractivity contribution is 5.74. The predicted octanol–water partition coefficient (Wildman–Crippen LogP) is 2.40. The molecule has 0 saturated carbocycles. The number of likely N-dealkylation sites (tertiary alicyclic amines) is 1. The van der Waals surface area contributed by atoms with Gasteiger partial charge in [0.25, 0.3) is 0 Å². The number of rotatable bonds is 8. The molecule has 0 radical (unpaired) electrons. The van der Waals surface area contributed by atoms with Gasteiger partial charge in [0.2, 0.25) is 0 Å². The number of nitrogens with one attached hydrogen (secondary N) is 1. The lowest BCUT2D eigenvalue weighted by atomic mass is 10.1. The minimum atomic E-state index is -0.00422. The van der Waals surface area contributed by atoms with E-state index < -0.39 is 0 Å². The maximum absolute atomic E-state index is 12.1. The van der Waals surface area contributed by atoms with Crippen molar-refractivity contribution in [2.45, 2.75) is 38.9 Å². The first kappa shape index (κ1) is 16.8. The van der Waals surface area contributed by atoms with Crippen LogP contribution in [0, 0.1) is 0 Å². The van der Waals surface area contributed by atoms with E-state index in [9.17, 15) is 4.79 Å². The van der Waals surface area contributed by atoms with Gasteiger partial charge < -0.3 is 24.1 Å². The van der Waals surface area contributed by atoms with Crippen LogP contribution in [0.4, 0.5) is 4.79 Å². The SMILES string of the molecule is CCOC1CCCN(C(=O)NCCCOCc2ccco2)C1. The van der Waals surface area contributed by atoms with Gasteiger partial charge in [-0.3, -0.25) is 0 Å². The Morgan fingerprint density at radius 2 is 2.45 bits per heavy atom. The number of piperidine rings is 1. The van der Waals surface area contributed by atoms with Crippen molar-refractivity contribution in [1.29, 1.82) is 0 Å². The van der Waals surface area contributed by atoms with Gasteiger partial charge in [-0.1, -0.05) is 0 Å². The molecular weight excluding hydrogens is 284 g/mol. The first-order valence-corrected chi connectivity index (χ1v) is 8.04. The smallest absolute Gasteiger partial charge is 0.317 e. The van der Waals surface area contributed by atoms with Gasteiger partial charge in [0.05, 0.1) is 12.4 Å². The lowest BCUT2D eigenvalue weighted by Gasteiger charge is -2.32. The van der Waals surface area contributed by atoms with Crippen LogP contribution in [0.15, 0.2) is 22.8 Å². The number of nitrogens with zero attached hydrogens (tertiary/aromatic N) is 1. The summed E-state index contributed by atoms with van der Waals surface area (Å²) in [5, 5.41) is 2.94. The second-order valence-corrected chi connectivity index (χ2v) is 5.38. The third-order valence-corrected chi connectivity index (χ3v) is 3.63. The summed E-state index contributed by atoms with van der Waals surface area (Å²) in [4.78, 5) is 13.9. The summed E-state index contributed by atoms with van der Waals surface area (Å²) in [7, 11) is 0. The van der Waals surface area contributed by atoms with E-state index in [1.54, 1.807) is 6.26 Å². The molecule has 0 bridgehead atoms. The van der Waals surface area contributed by atoms with Gasteiger partial charge in [0, 0.05) is 32.8 Å². The Morgan fingerprint density at radius 3 is 3.23 bits per heavy atom. The van der Waals surface area contributed by atoms with E-state index in [1.807, 2.05) is 24.0 Å². The van der Waals surface area contributed by atoms with Crippen LogP contribution >= 0.6 is 0 Å². The average Bonchev–Trinajstić information content (AvgIpc) is 3.04. The molecule has 22 heavy (non-hydrogen) atoms. The number of amides is 2. The number of furan rings is 1. The minimum absolute atomic E-state index is 0.00422. The molecule has 2 heterocycles. The zero-order chi connectivity index (χ0) is 15.6. The van der Waals surface area contributed by atoms with Gasteiger partial charge in [0.1, 0.15) is 12.4 Å². The Labute approximate surface area is 131 Å². The summed E-state index contributed by atoms with van der Waals surface area (Å²) < 4.78 is 16.3. The summed E-state index contributed by atoms with van der Waals surface area (Å²) in [5.41, 5.74) is 0. The number of urea groups is 1. The Bertz CT molecular complexity index is 420. The Balaban J connectivity index is 1.53. The Hall–Kier alpha value is -1.53. The summed E-state index contributed by atoms with van der Waals surface area (Å²) >= 11 is 0. The van der Waals surface area contributed by atoms with E-state index in [0.29, 0.717) is 32.9 Å². The third kappa shape index (κ3) is 5.69. The van der Waals surface area contributed by atoms with Crippen molar-refractivity contribution >= 4 is 6.03 Å². The molecule has 1 aromatic rings. The topological polar surface area (TPSA) is 63.9 Å². The fraction of sp³-hybridized carbons (Fsp3) is 0.688. The summed E-state index contributed by atoms with van der Waals surface area (Å²) in [5.74, 6) is 0.819. The van der Waals surface area contributed by atoms with Crippen LogP contribution in [0.25, 0.3) is 0 Å². The maximum atomic E-state index is 12.1. The quantitative estimate of drug-likeness (QED) is 0.749. The lowest BCUT2D eigenvalue weighted by Crippen LogP contribution is -2.48. The monoisotopic (exact) mass is 310 g/mol. The molecule has 1 aromatic heterocycles. The molecule has 2 rings (SSSR count). The summed E-state index contributed by atoms with van der Waals surface area (Å²) in [6.45, 7) is 5.88. The number of hydrogen-bond donors (Lipinski definition) is 1. The fourth-order valence-corrected chi connectivity index (χ4v) is 2.54. The van der Waals surface area contributed by atoms with Crippen LogP contribution in [0.3, 0.4) is 0 Å². The molecule has 2 amide bonds. The second kappa shape index (κ2) is 9.48. The molecular formula is C16H26N2O4. The van der Waals surface area contributed by atoms with Crippen LogP contribution in [0.1, 0.15) is 31.9 Å². The Kier molecular flexibility index (Phi) is 7.25. The molecule has 1 aliphatic rings. The molecule has 1 atom stereocenters. The van der Waals surface area contributed by atoms with Crippen LogP contribution in [0.2, 0.25) is 0 Å². The molecule has 1 fully saturated rings. The molecule has 0 spiro atoms. The van der Waals surface area contributed by atoms with E-state index in [1.165, 1.54) is 0 Å². The summed E-state index contributed by atoms with van der Waals surface area (Å²) in [6.07, 6.45) is 4.64. The predicted molar refractivity (Wildman–Crippen MR) is 82.6 cm³/mol. The van der Waals surface area contributed by atoms with Crippen molar-refractivity contribution in [3.8, 4) is 0 Å². The van der Waals surface area contributed by atoms with Gasteiger partial charge in [0.15, 0.2) is 0 Å². The fourth-order valence-electron chi connectivity index (χ4n) is 2.54. The largest absolute Gasteiger partial charge is 0.467 e. The normalized spacial score (nSPS) is 18.4. The molecule has 1 unspecified atom stereocenters. The third-order valence-electron chi connectivity index (χ3n) is 3.63. The maximum Gasteiger partial charge on any atom is 0.317 e.